The molecule has 0 saturated heterocycles. The Bertz CT molecular complexity index is 1280. The summed E-state index contributed by atoms with van der Waals surface area (Å²) >= 11 is 0. The highest BCUT2D eigenvalue weighted by Gasteiger charge is 2.33. The lowest BCUT2D eigenvalue weighted by Gasteiger charge is -2.33. The van der Waals surface area contributed by atoms with E-state index in [1.807, 2.05) is 0 Å². The lowest BCUT2D eigenvalue weighted by Crippen LogP contribution is -2.51. The summed E-state index contributed by atoms with van der Waals surface area (Å²) in [7, 11) is 1.51. The van der Waals surface area contributed by atoms with Crippen molar-refractivity contribution in [3.05, 3.63) is 83.7 Å². The molecule has 186 valence electrons. The second kappa shape index (κ2) is 10.9. The van der Waals surface area contributed by atoms with Crippen molar-refractivity contribution in [3.8, 4) is 17.2 Å². The van der Waals surface area contributed by atoms with Crippen LogP contribution in [0.1, 0.15) is 22.8 Å². The maximum atomic E-state index is 13.1. The molecule has 9 heteroatoms. The zero-order valence-corrected chi connectivity index (χ0v) is 19.8. The van der Waals surface area contributed by atoms with E-state index >= 15 is 0 Å². The molecule has 1 aliphatic heterocycles. The van der Waals surface area contributed by atoms with Crippen LogP contribution in [-0.4, -0.2) is 44.0 Å². The lowest BCUT2D eigenvalue weighted by molar-refractivity contribution is -0.127. The number of methoxy groups -OCH3 is 1. The van der Waals surface area contributed by atoms with Crippen molar-refractivity contribution < 1.29 is 33.0 Å². The molecule has 0 bridgehead atoms. The standard InChI is InChI=1S/C27H25FN2O6/c1-17(27(33)29-14-18-7-10-20(28)11-8-18)30-21-13-19(9-12-23(21)36-16-26(30)32)22(31)15-35-25-6-4-3-5-24(25)34-2/h3-13,17H,14-16H2,1-2H3,(H,29,33). The average Bonchev–Trinajstić information content (AvgIpc) is 2.90. The van der Waals surface area contributed by atoms with Gasteiger partial charge in [-0.3, -0.25) is 19.3 Å². The number of hydrogen-bond donors (Lipinski definition) is 1. The number of para-hydroxylation sites is 2. The van der Waals surface area contributed by atoms with Crippen LogP contribution in [0.5, 0.6) is 17.2 Å². The third-order valence-corrected chi connectivity index (χ3v) is 5.73. The number of nitrogens with one attached hydrogen (secondary N) is 1. The number of carbonyl (C=O) groups is 3. The summed E-state index contributed by atoms with van der Waals surface area (Å²) in [5.41, 5.74) is 1.33. The number of amides is 2. The van der Waals surface area contributed by atoms with Crippen LogP contribution in [0.4, 0.5) is 10.1 Å². The first-order chi connectivity index (χ1) is 17.4. The highest BCUT2D eigenvalue weighted by Crippen LogP contribution is 2.35. The molecule has 0 aliphatic carbocycles. The molecule has 1 heterocycles. The molecule has 1 N–H and O–H groups in total. The van der Waals surface area contributed by atoms with E-state index in [1.54, 1.807) is 55.5 Å². The minimum absolute atomic E-state index is 0.174. The van der Waals surface area contributed by atoms with Crippen molar-refractivity contribution >= 4 is 23.3 Å². The van der Waals surface area contributed by atoms with Gasteiger partial charge in [0.15, 0.2) is 30.5 Å². The topological polar surface area (TPSA) is 94.2 Å². The number of benzene rings is 3. The average molecular weight is 493 g/mol. The number of nitrogens with zero attached hydrogens (tertiary/aromatic N) is 1. The molecule has 0 spiro atoms. The lowest BCUT2D eigenvalue weighted by atomic mass is 10.1. The summed E-state index contributed by atoms with van der Waals surface area (Å²) in [4.78, 5) is 39.8. The van der Waals surface area contributed by atoms with Gasteiger partial charge in [0.1, 0.15) is 17.6 Å². The molecule has 3 aromatic rings. The summed E-state index contributed by atoms with van der Waals surface area (Å²) in [6, 6.07) is 16.5. The van der Waals surface area contributed by atoms with E-state index in [1.165, 1.54) is 30.2 Å². The van der Waals surface area contributed by atoms with E-state index in [0.29, 0.717) is 34.1 Å². The maximum Gasteiger partial charge on any atom is 0.265 e. The number of ether oxygens (including phenoxy) is 3. The zero-order valence-electron chi connectivity index (χ0n) is 19.8. The van der Waals surface area contributed by atoms with Crippen molar-refractivity contribution in [2.45, 2.75) is 19.5 Å². The van der Waals surface area contributed by atoms with Crippen LogP contribution in [0, 0.1) is 5.82 Å². The number of fused-ring (bicyclic) bond motifs is 1. The van der Waals surface area contributed by atoms with Crippen molar-refractivity contribution in [1.82, 2.24) is 5.32 Å². The molecule has 3 aromatic carbocycles. The van der Waals surface area contributed by atoms with Crippen LogP contribution >= 0.6 is 0 Å². The van der Waals surface area contributed by atoms with Gasteiger partial charge in [-0.1, -0.05) is 24.3 Å². The first-order valence-corrected chi connectivity index (χ1v) is 11.3. The Balaban J connectivity index is 1.48. The molecule has 1 aliphatic rings. The molecule has 0 fully saturated rings. The molecule has 0 saturated carbocycles. The predicted molar refractivity (Wildman–Crippen MR) is 130 cm³/mol. The Morgan fingerprint density at radius 1 is 1.08 bits per heavy atom. The van der Waals surface area contributed by atoms with Crippen molar-refractivity contribution in [2.75, 3.05) is 25.2 Å². The number of hydrogen-bond acceptors (Lipinski definition) is 6. The molecule has 36 heavy (non-hydrogen) atoms. The fraction of sp³-hybridized carbons (Fsp3) is 0.222. The van der Waals surface area contributed by atoms with Crippen molar-refractivity contribution in [1.29, 1.82) is 0 Å². The molecular formula is C27H25FN2O6. The monoisotopic (exact) mass is 492 g/mol. The highest BCUT2D eigenvalue weighted by atomic mass is 19.1. The Morgan fingerprint density at radius 3 is 2.53 bits per heavy atom. The summed E-state index contributed by atoms with van der Waals surface area (Å²) in [6.07, 6.45) is 0. The van der Waals surface area contributed by atoms with Crippen LogP contribution in [0.3, 0.4) is 0 Å². The first-order valence-electron chi connectivity index (χ1n) is 11.3. The third kappa shape index (κ3) is 5.46. The van der Waals surface area contributed by atoms with Gasteiger partial charge in [0.05, 0.1) is 12.8 Å². The number of ketones is 1. The normalized spacial score (nSPS) is 13.3. The van der Waals surface area contributed by atoms with Crippen molar-refractivity contribution in [3.63, 3.8) is 0 Å². The van der Waals surface area contributed by atoms with Gasteiger partial charge in [-0.15, -0.1) is 0 Å². The number of carbonyl (C=O) groups excluding carboxylic acids is 3. The van der Waals surface area contributed by atoms with Crippen LogP contribution in [0.25, 0.3) is 0 Å². The minimum Gasteiger partial charge on any atom is -0.493 e. The van der Waals surface area contributed by atoms with E-state index in [2.05, 4.69) is 5.32 Å². The Labute approximate surface area is 207 Å². The van der Waals surface area contributed by atoms with Crippen LogP contribution in [0.2, 0.25) is 0 Å². The zero-order chi connectivity index (χ0) is 25.7. The molecule has 1 unspecified atom stereocenters. The van der Waals surface area contributed by atoms with Crippen molar-refractivity contribution in [2.24, 2.45) is 0 Å². The van der Waals surface area contributed by atoms with Gasteiger partial charge < -0.3 is 19.5 Å². The summed E-state index contributed by atoms with van der Waals surface area (Å²) < 4.78 is 29.5. The second-order valence-corrected chi connectivity index (χ2v) is 8.12. The predicted octanol–water partition coefficient (Wildman–Crippen LogP) is 3.53. The van der Waals surface area contributed by atoms with Gasteiger partial charge in [0.25, 0.3) is 5.91 Å². The molecular weight excluding hydrogens is 467 g/mol. The largest absolute Gasteiger partial charge is 0.493 e. The Kier molecular flexibility index (Phi) is 7.48. The van der Waals surface area contributed by atoms with Gasteiger partial charge in [0.2, 0.25) is 5.91 Å². The van der Waals surface area contributed by atoms with E-state index in [9.17, 15) is 18.8 Å². The van der Waals surface area contributed by atoms with E-state index < -0.39 is 17.9 Å². The van der Waals surface area contributed by atoms with E-state index in [4.69, 9.17) is 14.2 Å². The Morgan fingerprint density at radius 2 is 1.81 bits per heavy atom. The van der Waals surface area contributed by atoms with Crippen LogP contribution < -0.4 is 24.4 Å². The molecule has 0 aromatic heterocycles. The van der Waals surface area contributed by atoms with E-state index in [0.717, 1.165) is 0 Å². The van der Waals surface area contributed by atoms with E-state index in [-0.39, 0.29) is 31.4 Å². The summed E-state index contributed by atoms with van der Waals surface area (Å²) in [6.45, 7) is 1.29. The fourth-order valence-corrected chi connectivity index (χ4v) is 3.79. The molecule has 1 atom stereocenters. The fourth-order valence-electron chi connectivity index (χ4n) is 3.79. The van der Waals surface area contributed by atoms with Gasteiger partial charge in [-0.25, -0.2) is 4.39 Å². The van der Waals surface area contributed by atoms with Gasteiger partial charge in [-0.05, 0) is 55.0 Å². The van der Waals surface area contributed by atoms with Gasteiger partial charge in [0, 0.05) is 12.1 Å². The molecule has 4 rings (SSSR count). The second-order valence-electron chi connectivity index (χ2n) is 8.12. The molecule has 2 amide bonds. The number of halogens is 1. The SMILES string of the molecule is COc1ccccc1OCC(=O)c1ccc2c(c1)N(C(C)C(=O)NCc1ccc(F)cc1)C(=O)CO2. The smallest absolute Gasteiger partial charge is 0.265 e. The highest BCUT2D eigenvalue weighted by molar-refractivity contribution is 6.05. The quantitative estimate of drug-likeness (QED) is 0.460. The summed E-state index contributed by atoms with van der Waals surface area (Å²) in [5, 5.41) is 2.76. The van der Waals surface area contributed by atoms with Gasteiger partial charge in [-0.2, -0.15) is 0 Å². The number of Topliss-reactive ketones (excluding diaryl/α,β-unsaturated/α-hetero) is 1. The number of anilines is 1. The third-order valence-electron chi connectivity index (χ3n) is 5.73. The van der Waals surface area contributed by atoms with Crippen LogP contribution in [-0.2, 0) is 16.1 Å². The maximum absolute atomic E-state index is 13.1. The molecule has 8 nitrogen and oxygen atoms in total. The van der Waals surface area contributed by atoms with Gasteiger partial charge >= 0.3 is 0 Å². The first kappa shape index (κ1) is 24.7. The molecule has 0 radical (unpaired) electrons. The number of rotatable bonds is 9. The Hall–Kier alpha value is -4.40. The minimum atomic E-state index is -0.879. The summed E-state index contributed by atoms with van der Waals surface area (Å²) in [5.74, 6) is -0.199. The van der Waals surface area contributed by atoms with Crippen LogP contribution in [0.15, 0.2) is 66.7 Å².